The van der Waals surface area contributed by atoms with Crippen molar-refractivity contribution in [3.63, 3.8) is 0 Å². The summed E-state index contributed by atoms with van der Waals surface area (Å²) in [6.45, 7) is 4.43. The molecule has 1 aromatic rings. The van der Waals surface area contributed by atoms with Crippen LogP contribution in [0.15, 0.2) is 59.7 Å². The molecule has 2 aliphatic carbocycles. The van der Waals surface area contributed by atoms with Gasteiger partial charge < -0.3 is 0 Å². The average molecular weight is 295 g/mol. The Hall–Kier alpha value is -1.11. The fraction of sp³-hybridized carbons (Fsp3) is 0.263. The molecule has 0 atom stereocenters. The standard InChI is InChI=1S/C19H19.Ti/c1-14-11-15(2)13-18(12-14)19(16-7-3-4-8-16)17-9-5-6-10-17;/h3-7,9,11-12,19H,8,10H2,1-2H3;. The van der Waals surface area contributed by atoms with E-state index in [0.29, 0.717) is 5.92 Å². The molecule has 0 N–H and O–H groups in total. The third kappa shape index (κ3) is 2.55. The second-order valence-corrected chi connectivity index (χ2v) is 6.51. The molecule has 0 bridgehead atoms. The molecule has 0 saturated carbocycles. The zero-order chi connectivity index (χ0) is 14.1. The molecule has 0 aliphatic heterocycles. The van der Waals surface area contributed by atoms with Gasteiger partial charge >= 0.3 is 133 Å². The molecule has 0 spiro atoms. The normalized spacial score (nSPS) is 16.9. The fourth-order valence-electron chi connectivity index (χ4n) is 3.22. The van der Waals surface area contributed by atoms with Gasteiger partial charge in [-0.05, 0) is 0 Å². The van der Waals surface area contributed by atoms with E-state index in [1.807, 2.05) is 0 Å². The summed E-state index contributed by atoms with van der Waals surface area (Å²) >= 11 is 2.27. The molecule has 0 nitrogen and oxygen atoms in total. The third-order valence-electron chi connectivity index (χ3n) is 4.16. The maximum absolute atomic E-state index is 2.38. The van der Waals surface area contributed by atoms with Crippen molar-refractivity contribution in [2.45, 2.75) is 32.6 Å². The van der Waals surface area contributed by atoms with Gasteiger partial charge in [-0.3, -0.25) is 0 Å². The quantitative estimate of drug-likeness (QED) is 0.728. The molecule has 1 aromatic carbocycles. The van der Waals surface area contributed by atoms with Crippen molar-refractivity contribution >= 4 is 3.87 Å². The van der Waals surface area contributed by atoms with Crippen molar-refractivity contribution in [3.05, 3.63) is 76.4 Å². The Labute approximate surface area is 133 Å². The van der Waals surface area contributed by atoms with Crippen LogP contribution in [0.1, 0.15) is 35.4 Å². The molecule has 0 unspecified atom stereocenters. The van der Waals surface area contributed by atoms with Crippen LogP contribution in [0.4, 0.5) is 0 Å². The molecule has 2 aliphatic rings. The number of rotatable bonds is 3. The topological polar surface area (TPSA) is 0 Å². The second kappa shape index (κ2) is 5.72. The van der Waals surface area contributed by atoms with Crippen LogP contribution in [0.25, 0.3) is 0 Å². The summed E-state index contributed by atoms with van der Waals surface area (Å²) in [7, 11) is 0. The van der Waals surface area contributed by atoms with E-state index in [9.17, 15) is 0 Å². The average Bonchev–Trinajstić information content (AvgIpc) is 3.08. The number of hydrogen-bond acceptors (Lipinski definition) is 0. The summed E-state index contributed by atoms with van der Waals surface area (Å²) in [5, 5.41) is 0. The maximum atomic E-state index is 2.38. The predicted molar refractivity (Wildman–Crippen MR) is 82.0 cm³/mol. The molecule has 0 saturated heterocycles. The summed E-state index contributed by atoms with van der Waals surface area (Å²) in [5.74, 6) is 0.457. The predicted octanol–water partition coefficient (Wildman–Crippen LogP) is 4.33. The van der Waals surface area contributed by atoms with Crippen molar-refractivity contribution in [2.75, 3.05) is 0 Å². The zero-order valence-electron chi connectivity index (χ0n) is 12.1. The van der Waals surface area contributed by atoms with Gasteiger partial charge in [0.1, 0.15) is 0 Å². The van der Waals surface area contributed by atoms with E-state index in [-0.39, 0.29) is 0 Å². The summed E-state index contributed by atoms with van der Waals surface area (Å²) in [6.07, 6.45) is 15.7. The van der Waals surface area contributed by atoms with Gasteiger partial charge in [0.25, 0.3) is 0 Å². The van der Waals surface area contributed by atoms with Crippen LogP contribution in [-0.2, 0) is 20.4 Å². The molecule has 0 amide bonds. The van der Waals surface area contributed by atoms with Crippen molar-refractivity contribution in [2.24, 2.45) is 0 Å². The SMILES string of the molecule is Cc1cc(C)[c]([Ti])c(C(C2=CC=CC2)C2=CC=CC2)c1. The second-order valence-electron chi connectivity index (χ2n) is 5.73. The third-order valence-corrected chi connectivity index (χ3v) is 5.23. The van der Waals surface area contributed by atoms with Gasteiger partial charge in [0.05, 0.1) is 0 Å². The van der Waals surface area contributed by atoms with E-state index in [2.05, 4.69) is 82.9 Å². The summed E-state index contributed by atoms with van der Waals surface area (Å²) in [6, 6.07) is 4.67. The van der Waals surface area contributed by atoms with Gasteiger partial charge in [-0.15, -0.1) is 0 Å². The Morgan fingerprint density at radius 2 is 1.55 bits per heavy atom. The van der Waals surface area contributed by atoms with E-state index < -0.39 is 0 Å². The van der Waals surface area contributed by atoms with Crippen LogP contribution in [0.3, 0.4) is 0 Å². The first kappa shape index (κ1) is 13.9. The molecule has 99 valence electrons. The minimum absolute atomic E-state index is 0.457. The minimum atomic E-state index is 0.457. The van der Waals surface area contributed by atoms with Gasteiger partial charge in [0.15, 0.2) is 0 Å². The first-order valence-electron chi connectivity index (χ1n) is 7.21. The number of allylic oxidation sites excluding steroid dienone is 8. The van der Waals surface area contributed by atoms with E-state index >= 15 is 0 Å². The Balaban J connectivity index is 2.10. The van der Waals surface area contributed by atoms with Crippen LogP contribution < -0.4 is 3.87 Å². The van der Waals surface area contributed by atoms with Crippen LogP contribution in [0.5, 0.6) is 0 Å². The molecule has 0 fully saturated rings. The number of benzene rings is 1. The molecule has 20 heavy (non-hydrogen) atoms. The summed E-state index contributed by atoms with van der Waals surface area (Å²) in [4.78, 5) is 0. The molecule has 3 rings (SSSR count). The van der Waals surface area contributed by atoms with Gasteiger partial charge in [0.2, 0.25) is 0 Å². The van der Waals surface area contributed by atoms with Crippen molar-refractivity contribution in [3.8, 4) is 0 Å². The van der Waals surface area contributed by atoms with E-state index in [1.165, 1.54) is 31.7 Å². The van der Waals surface area contributed by atoms with E-state index in [1.54, 1.807) is 0 Å². The Morgan fingerprint density at radius 3 is 2.05 bits per heavy atom. The Morgan fingerprint density at radius 1 is 0.950 bits per heavy atom. The number of hydrogen-bond donors (Lipinski definition) is 0. The molecule has 1 heteroatoms. The van der Waals surface area contributed by atoms with Gasteiger partial charge in [0, 0.05) is 0 Å². The van der Waals surface area contributed by atoms with Crippen LogP contribution >= 0.6 is 0 Å². The first-order valence-corrected chi connectivity index (χ1v) is 7.99. The van der Waals surface area contributed by atoms with Gasteiger partial charge in [-0.25, -0.2) is 0 Å². The monoisotopic (exact) mass is 295 g/mol. The molecule has 0 radical (unpaired) electrons. The van der Waals surface area contributed by atoms with Crippen LogP contribution in [0.2, 0.25) is 0 Å². The molecule has 0 aromatic heterocycles. The molecular formula is C19H19Ti. The summed E-state index contributed by atoms with van der Waals surface area (Å²) < 4.78 is 1.45. The number of aryl methyl sites for hydroxylation is 2. The Bertz CT molecular complexity index is 627. The van der Waals surface area contributed by atoms with Crippen LogP contribution in [0, 0.1) is 13.8 Å². The van der Waals surface area contributed by atoms with Gasteiger partial charge in [-0.1, -0.05) is 0 Å². The zero-order valence-corrected chi connectivity index (χ0v) is 13.7. The first-order chi connectivity index (χ1) is 9.66. The summed E-state index contributed by atoms with van der Waals surface area (Å²) in [5.41, 5.74) is 7.34. The fourth-order valence-corrected chi connectivity index (χ4v) is 3.67. The molecule has 0 heterocycles. The Kier molecular flexibility index (Phi) is 3.96. The van der Waals surface area contributed by atoms with E-state index in [0.717, 1.165) is 12.8 Å². The molecular weight excluding hydrogens is 276 g/mol. The van der Waals surface area contributed by atoms with Crippen molar-refractivity contribution in [1.82, 2.24) is 0 Å². The van der Waals surface area contributed by atoms with Gasteiger partial charge in [-0.2, -0.15) is 0 Å². The van der Waals surface area contributed by atoms with Crippen LogP contribution in [-0.4, -0.2) is 0 Å². The van der Waals surface area contributed by atoms with E-state index in [4.69, 9.17) is 0 Å². The van der Waals surface area contributed by atoms with Crippen molar-refractivity contribution in [1.29, 1.82) is 0 Å². The van der Waals surface area contributed by atoms with Crippen molar-refractivity contribution < 1.29 is 20.4 Å².